The molecule has 2 aliphatic rings. The molecule has 0 amide bonds. The van der Waals surface area contributed by atoms with Crippen molar-refractivity contribution in [3.8, 4) is 0 Å². The van der Waals surface area contributed by atoms with Gasteiger partial charge in [0.2, 0.25) is 0 Å². The average Bonchev–Trinajstić information content (AvgIpc) is 2.33. The summed E-state index contributed by atoms with van der Waals surface area (Å²) in [6, 6.07) is 0. The summed E-state index contributed by atoms with van der Waals surface area (Å²) >= 11 is 0. The third-order valence-electron chi connectivity index (χ3n) is 3.86. The number of carbonyl (C=O) groups excluding carboxylic acids is 1. The zero-order valence-electron chi connectivity index (χ0n) is 8.65. The lowest BCUT2D eigenvalue weighted by Gasteiger charge is -2.29. The van der Waals surface area contributed by atoms with Gasteiger partial charge in [0.15, 0.2) is 5.60 Å². The predicted molar refractivity (Wildman–Crippen MR) is 48.4 cm³/mol. The standard InChI is InChI=1S/C10H16O4/c1-5-7-6(4-9(5,2)12)14-8(11)10(7,3)13/h5-7,12-13H,4H2,1-3H3/t5-,6-,7+,9+,10-/m1/s1. The van der Waals surface area contributed by atoms with Gasteiger partial charge in [-0.15, -0.1) is 0 Å². The third kappa shape index (κ3) is 1.04. The van der Waals surface area contributed by atoms with E-state index in [1.807, 2.05) is 6.92 Å². The highest BCUT2D eigenvalue weighted by Crippen LogP contribution is 2.50. The van der Waals surface area contributed by atoms with Gasteiger partial charge in [0.05, 0.1) is 5.60 Å². The lowest BCUT2D eigenvalue weighted by molar-refractivity contribution is -0.157. The first kappa shape index (κ1) is 9.93. The molecule has 0 bridgehead atoms. The summed E-state index contributed by atoms with van der Waals surface area (Å²) < 4.78 is 5.06. The molecule has 14 heavy (non-hydrogen) atoms. The summed E-state index contributed by atoms with van der Waals surface area (Å²) in [5.74, 6) is -0.978. The van der Waals surface area contributed by atoms with Crippen molar-refractivity contribution in [1.29, 1.82) is 0 Å². The van der Waals surface area contributed by atoms with E-state index in [1.165, 1.54) is 6.92 Å². The van der Waals surface area contributed by atoms with Crippen LogP contribution in [-0.4, -0.2) is 33.5 Å². The fourth-order valence-electron chi connectivity index (χ4n) is 2.79. The minimum absolute atomic E-state index is 0.131. The normalized spacial score (nSPS) is 57.2. The molecule has 5 atom stereocenters. The zero-order valence-corrected chi connectivity index (χ0v) is 8.65. The van der Waals surface area contributed by atoms with Crippen LogP contribution in [-0.2, 0) is 9.53 Å². The van der Waals surface area contributed by atoms with Gasteiger partial charge >= 0.3 is 5.97 Å². The Morgan fingerprint density at radius 1 is 1.43 bits per heavy atom. The van der Waals surface area contributed by atoms with E-state index >= 15 is 0 Å². The van der Waals surface area contributed by atoms with Gasteiger partial charge in [-0.1, -0.05) is 6.92 Å². The maximum Gasteiger partial charge on any atom is 0.338 e. The second kappa shape index (κ2) is 2.49. The Kier molecular flexibility index (Phi) is 1.77. The highest BCUT2D eigenvalue weighted by Gasteiger charge is 2.63. The van der Waals surface area contributed by atoms with Crippen LogP contribution >= 0.6 is 0 Å². The van der Waals surface area contributed by atoms with Crippen LogP contribution in [0.1, 0.15) is 27.2 Å². The summed E-state index contributed by atoms with van der Waals surface area (Å²) in [5.41, 5.74) is -2.29. The van der Waals surface area contributed by atoms with E-state index in [-0.39, 0.29) is 17.9 Å². The first-order valence-corrected chi connectivity index (χ1v) is 4.92. The van der Waals surface area contributed by atoms with Gasteiger partial charge < -0.3 is 14.9 Å². The van der Waals surface area contributed by atoms with Gasteiger partial charge in [0.25, 0.3) is 0 Å². The van der Waals surface area contributed by atoms with Crippen LogP contribution < -0.4 is 0 Å². The second-order valence-electron chi connectivity index (χ2n) is 4.97. The number of esters is 1. The molecule has 0 aromatic carbocycles. The van der Waals surface area contributed by atoms with E-state index in [2.05, 4.69) is 0 Å². The van der Waals surface area contributed by atoms with E-state index < -0.39 is 17.2 Å². The van der Waals surface area contributed by atoms with Crippen LogP contribution in [0.25, 0.3) is 0 Å². The Labute approximate surface area is 82.9 Å². The third-order valence-corrected chi connectivity index (χ3v) is 3.86. The van der Waals surface area contributed by atoms with Crippen molar-refractivity contribution in [3.05, 3.63) is 0 Å². The van der Waals surface area contributed by atoms with Crippen molar-refractivity contribution in [3.63, 3.8) is 0 Å². The van der Waals surface area contributed by atoms with Gasteiger partial charge in [0, 0.05) is 12.3 Å². The molecule has 0 aromatic rings. The summed E-state index contributed by atoms with van der Waals surface area (Å²) in [5, 5.41) is 19.9. The van der Waals surface area contributed by atoms with E-state index in [9.17, 15) is 15.0 Å². The Bertz CT molecular complexity index is 282. The molecule has 1 saturated carbocycles. The number of fused-ring (bicyclic) bond motifs is 1. The molecule has 80 valence electrons. The molecule has 0 spiro atoms. The van der Waals surface area contributed by atoms with Crippen LogP contribution in [0.4, 0.5) is 0 Å². The summed E-state index contributed by atoms with van der Waals surface area (Å²) in [4.78, 5) is 11.3. The zero-order chi connectivity index (χ0) is 10.7. The summed E-state index contributed by atoms with van der Waals surface area (Å²) in [7, 11) is 0. The molecule has 4 heteroatoms. The minimum Gasteiger partial charge on any atom is -0.460 e. The molecule has 1 heterocycles. The van der Waals surface area contributed by atoms with E-state index in [0.29, 0.717) is 6.42 Å². The largest absolute Gasteiger partial charge is 0.460 e. The van der Waals surface area contributed by atoms with Crippen molar-refractivity contribution in [1.82, 2.24) is 0 Å². The highest BCUT2D eigenvalue weighted by molar-refractivity contribution is 5.82. The maximum atomic E-state index is 11.3. The number of hydrogen-bond acceptors (Lipinski definition) is 4. The van der Waals surface area contributed by atoms with Crippen LogP contribution in [0.2, 0.25) is 0 Å². The van der Waals surface area contributed by atoms with Crippen molar-refractivity contribution in [2.45, 2.75) is 44.5 Å². The monoisotopic (exact) mass is 200 g/mol. The molecule has 0 radical (unpaired) electrons. The summed E-state index contributed by atoms with van der Waals surface area (Å²) in [6.45, 7) is 5.04. The van der Waals surface area contributed by atoms with Crippen LogP contribution in [0.15, 0.2) is 0 Å². The van der Waals surface area contributed by atoms with E-state index in [0.717, 1.165) is 0 Å². The van der Waals surface area contributed by atoms with Gasteiger partial charge in [0.1, 0.15) is 6.10 Å². The Morgan fingerprint density at radius 3 is 2.50 bits per heavy atom. The fraction of sp³-hybridized carbons (Fsp3) is 0.900. The number of hydrogen-bond donors (Lipinski definition) is 2. The van der Waals surface area contributed by atoms with Crippen LogP contribution in [0, 0.1) is 11.8 Å². The number of carbonyl (C=O) groups is 1. The average molecular weight is 200 g/mol. The molecule has 0 unspecified atom stereocenters. The minimum atomic E-state index is -1.44. The summed E-state index contributed by atoms with van der Waals surface area (Å²) in [6.07, 6.45) is 0.0864. The number of aliphatic hydroxyl groups is 2. The predicted octanol–water partition coefficient (Wildman–Crippen LogP) is 0.0698. The van der Waals surface area contributed by atoms with Gasteiger partial charge in [-0.3, -0.25) is 0 Å². The van der Waals surface area contributed by atoms with Gasteiger partial charge in [-0.25, -0.2) is 4.79 Å². The lowest BCUT2D eigenvalue weighted by Crippen LogP contribution is -2.43. The maximum absolute atomic E-state index is 11.3. The highest BCUT2D eigenvalue weighted by atomic mass is 16.6. The van der Waals surface area contributed by atoms with Gasteiger partial charge in [-0.05, 0) is 19.8 Å². The molecule has 2 N–H and O–H groups in total. The van der Waals surface area contributed by atoms with Crippen LogP contribution in [0.5, 0.6) is 0 Å². The smallest absolute Gasteiger partial charge is 0.338 e. The van der Waals surface area contributed by atoms with E-state index in [4.69, 9.17) is 4.74 Å². The molecule has 2 rings (SSSR count). The first-order valence-electron chi connectivity index (χ1n) is 4.92. The number of rotatable bonds is 0. The molecular weight excluding hydrogens is 184 g/mol. The second-order valence-corrected chi connectivity index (χ2v) is 4.97. The Hall–Kier alpha value is -0.610. The molecule has 1 saturated heterocycles. The van der Waals surface area contributed by atoms with Crippen molar-refractivity contribution in [2.75, 3.05) is 0 Å². The molecule has 1 aliphatic heterocycles. The van der Waals surface area contributed by atoms with E-state index in [1.54, 1.807) is 6.92 Å². The Balaban J connectivity index is 2.35. The number of ether oxygens (including phenoxy) is 1. The molecule has 1 aliphatic carbocycles. The molecule has 0 aromatic heterocycles. The van der Waals surface area contributed by atoms with Crippen LogP contribution in [0.3, 0.4) is 0 Å². The molecular formula is C10H16O4. The quantitative estimate of drug-likeness (QED) is 0.543. The Morgan fingerprint density at radius 2 is 2.00 bits per heavy atom. The van der Waals surface area contributed by atoms with Crippen molar-refractivity contribution < 1.29 is 19.7 Å². The first-order chi connectivity index (χ1) is 6.27. The topological polar surface area (TPSA) is 66.8 Å². The SMILES string of the molecule is C[C@@H]1[C@H]2[C@@H](C[C@]1(C)O)OC(=O)[C@]2(C)O. The van der Waals surface area contributed by atoms with Crippen molar-refractivity contribution in [2.24, 2.45) is 11.8 Å². The molecule has 2 fully saturated rings. The lowest BCUT2D eigenvalue weighted by atomic mass is 9.80. The fourth-order valence-corrected chi connectivity index (χ4v) is 2.79. The van der Waals surface area contributed by atoms with Gasteiger partial charge in [-0.2, -0.15) is 0 Å². The van der Waals surface area contributed by atoms with Crippen molar-refractivity contribution >= 4 is 5.97 Å². The molecule has 4 nitrogen and oxygen atoms in total.